The van der Waals surface area contributed by atoms with Gasteiger partial charge in [-0.15, -0.1) is 0 Å². The summed E-state index contributed by atoms with van der Waals surface area (Å²) in [5.41, 5.74) is 11.0. The lowest BCUT2D eigenvalue weighted by atomic mass is 10.0. The maximum absolute atomic E-state index is 5.79. The third kappa shape index (κ3) is 2.63. The molecule has 2 aromatic rings. The van der Waals surface area contributed by atoms with Gasteiger partial charge in [-0.2, -0.15) is 10.2 Å². The fraction of sp³-hybridized carbons (Fsp3) is 0.200. The molecule has 0 aromatic heterocycles. The first-order valence-electron chi connectivity index (χ1n) is 5.98. The van der Waals surface area contributed by atoms with Crippen LogP contribution >= 0.6 is 0 Å². The number of nitrogens with zero attached hydrogens (tertiary/aromatic N) is 2. The molecule has 18 heavy (non-hydrogen) atoms. The lowest BCUT2D eigenvalue weighted by Gasteiger charge is -2.08. The Bertz CT molecular complexity index is 559. The van der Waals surface area contributed by atoms with Crippen molar-refractivity contribution >= 4 is 11.4 Å². The van der Waals surface area contributed by atoms with E-state index in [9.17, 15) is 0 Å². The van der Waals surface area contributed by atoms with Crippen LogP contribution in [0.2, 0.25) is 0 Å². The van der Waals surface area contributed by atoms with E-state index in [-0.39, 0.29) is 0 Å². The topological polar surface area (TPSA) is 50.7 Å². The molecule has 2 rings (SSSR count). The molecule has 0 amide bonds. The monoisotopic (exact) mass is 239 g/mol. The SMILES string of the molecule is Cc1ccc(N=Nc2ccccc2)c(CN)c1C. The molecule has 2 N–H and O–H groups in total. The minimum atomic E-state index is 0.483. The van der Waals surface area contributed by atoms with Gasteiger partial charge in [0.05, 0.1) is 11.4 Å². The highest BCUT2D eigenvalue weighted by Crippen LogP contribution is 2.26. The summed E-state index contributed by atoms with van der Waals surface area (Å²) >= 11 is 0. The summed E-state index contributed by atoms with van der Waals surface area (Å²) in [5, 5.41) is 8.52. The van der Waals surface area contributed by atoms with Crippen molar-refractivity contribution in [1.29, 1.82) is 0 Å². The summed E-state index contributed by atoms with van der Waals surface area (Å²) in [4.78, 5) is 0. The summed E-state index contributed by atoms with van der Waals surface area (Å²) < 4.78 is 0. The molecule has 0 saturated carbocycles. The number of hydrogen-bond donors (Lipinski definition) is 1. The van der Waals surface area contributed by atoms with Gasteiger partial charge in [0.1, 0.15) is 0 Å². The van der Waals surface area contributed by atoms with Crippen LogP contribution in [0.25, 0.3) is 0 Å². The van der Waals surface area contributed by atoms with E-state index >= 15 is 0 Å². The van der Waals surface area contributed by atoms with E-state index in [1.165, 1.54) is 11.1 Å². The van der Waals surface area contributed by atoms with E-state index in [0.717, 1.165) is 16.9 Å². The number of azo groups is 1. The van der Waals surface area contributed by atoms with E-state index in [2.05, 4.69) is 24.1 Å². The van der Waals surface area contributed by atoms with Crippen LogP contribution in [0.4, 0.5) is 11.4 Å². The highest BCUT2D eigenvalue weighted by atomic mass is 15.1. The van der Waals surface area contributed by atoms with Crippen molar-refractivity contribution in [2.75, 3.05) is 0 Å². The zero-order valence-corrected chi connectivity index (χ0v) is 10.7. The van der Waals surface area contributed by atoms with Crippen molar-refractivity contribution in [1.82, 2.24) is 0 Å². The molecule has 2 aromatic carbocycles. The average molecular weight is 239 g/mol. The van der Waals surface area contributed by atoms with Crippen molar-refractivity contribution in [2.45, 2.75) is 20.4 Å². The van der Waals surface area contributed by atoms with Gasteiger partial charge in [-0.25, -0.2) is 0 Å². The van der Waals surface area contributed by atoms with Gasteiger partial charge >= 0.3 is 0 Å². The van der Waals surface area contributed by atoms with Crippen LogP contribution in [0.1, 0.15) is 16.7 Å². The van der Waals surface area contributed by atoms with Crippen molar-refractivity contribution in [2.24, 2.45) is 16.0 Å². The van der Waals surface area contributed by atoms with Crippen LogP contribution in [0.5, 0.6) is 0 Å². The Hall–Kier alpha value is -2.00. The van der Waals surface area contributed by atoms with Crippen LogP contribution in [0.15, 0.2) is 52.7 Å². The molecule has 0 saturated heterocycles. The van der Waals surface area contributed by atoms with Gasteiger partial charge in [-0.3, -0.25) is 0 Å². The number of benzene rings is 2. The predicted octanol–water partition coefficient (Wildman–Crippen LogP) is 4.18. The molecule has 3 heteroatoms. The molecule has 0 atom stereocenters. The summed E-state index contributed by atoms with van der Waals surface area (Å²) in [6, 6.07) is 13.7. The van der Waals surface area contributed by atoms with Gasteiger partial charge in [0, 0.05) is 6.54 Å². The van der Waals surface area contributed by atoms with Crippen molar-refractivity contribution in [3.63, 3.8) is 0 Å². The zero-order chi connectivity index (χ0) is 13.0. The highest BCUT2D eigenvalue weighted by Gasteiger charge is 2.05. The first-order chi connectivity index (χ1) is 8.72. The third-order valence-corrected chi connectivity index (χ3v) is 3.08. The second-order valence-electron chi connectivity index (χ2n) is 4.24. The molecule has 0 aliphatic carbocycles. The summed E-state index contributed by atoms with van der Waals surface area (Å²) in [6.07, 6.45) is 0. The Kier molecular flexibility index (Phi) is 3.85. The molecule has 0 aliphatic heterocycles. The van der Waals surface area contributed by atoms with E-state index in [1.807, 2.05) is 42.5 Å². The predicted molar refractivity (Wildman–Crippen MR) is 74.4 cm³/mol. The number of aryl methyl sites for hydroxylation is 1. The van der Waals surface area contributed by atoms with Gasteiger partial charge < -0.3 is 5.73 Å². The van der Waals surface area contributed by atoms with Gasteiger partial charge in [0.25, 0.3) is 0 Å². The normalized spacial score (nSPS) is 11.1. The quantitative estimate of drug-likeness (QED) is 0.802. The van der Waals surface area contributed by atoms with Gasteiger partial charge in [0.2, 0.25) is 0 Å². The Labute approximate surface area is 107 Å². The van der Waals surface area contributed by atoms with Crippen LogP contribution in [0, 0.1) is 13.8 Å². The van der Waals surface area contributed by atoms with Gasteiger partial charge in [-0.1, -0.05) is 24.3 Å². The van der Waals surface area contributed by atoms with Crippen molar-refractivity contribution in [3.05, 3.63) is 59.2 Å². The van der Waals surface area contributed by atoms with Crippen molar-refractivity contribution in [3.8, 4) is 0 Å². The Morgan fingerprint density at radius 1 is 0.944 bits per heavy atom. The lowest BCUT2D eigenvalue weighted by molar-refractivity contribution is 1.02. The Morgan fingerprint density at radius 3 is 2.33 bits per heavy atom. The molecule has 0 aliphatic rings. The fourth-order valence-corrected chi connectivity index (χ4v) is 1.82. The van der Waals surface area contributed by atoms with Gasteiger partial charge in [0.15, 0.2) is 0 Å². The fourth-order valence-electron chi connectivity index (χ4n) is 1.82. The number of rotatable bonds is 3. The van der Waals surface area contributed by atoms with Crippen LogP contribution < -0.4 is 5.73 Å². The van der Waals surface area contributed by atoms with E-state index < -0.39 is 0 Å². The lowest BCUT2D eigenvalue weighted by Crippen LogP contribution is -2.00. The van der Waals surface area contributed by atoms with E-state index in [0.29, 0.717) is 6.54 Å². The van der Waals surface area contributed by atoms with E-state index in [1.54, 1.807) is 0 Å². The second kappa shape index (κ2) is 5.56. The number of nitrogens with two attached hydrogens (primary N) is 1. The summed E-state index contributed by atoms with van der Waals surface area (Å²) in [5.74, 6) is 0. The minimum Gasteiger partial charge on any atom is -0.326 e. The van der Waals surface area contributed by atoms with Crippen LogP contribution in [0.3, 0.4) is 0 Å². The molecule has 0 unspecified atom stereocenters. The standard InChI is InChI=1S/C15H17N3/c1-11-8-9-15(14(10-16)12(11)2)18-17-13-6-4-3-5-7-13/h3-9H,10,16H2,1-2H3. The first kappa shape index (κ1) is 12.5. The summed E-state index contributed by atoms with van der Waals surface area (Å²) in [6.45, 7) is 4.63. The molecule has 92 valence electrons. The van der Waals surface area contributed by atoms with E-state index in [4.69, 9.17) is 5.73 Å². The molecule has 0 bridgehead atoms. The van der Waals surface area contributed by atoms with Crippen LogP contribution in [-0.2, 0) is 6.54 Å². The molecular weight excluding hydrogens is 222 g/mol. The second-order valence-corrected chi connectivity index (χ2v) is 4.24. The minimum absolute atomic E-state index is 0.483. The Morgan fingerprint density at radius 2 is 1.67 bits per heavy atom. The van der Waals surface area contributed by atoms with Crippen LogP contribution in [-0.4, -0.2) is 0 Å². The van der Waals surface area contributed by atoms with Crippen molar-refractivity contribution < 1.29 is 0 Å². The molecule has 0 radical (unpaired) electrons. The Balaban J connectivity index is 2.35. The molecular formula is C15H17N3. The average Bonchev–Trinajstić information content (AvgIpc) is 2.41. The maximum Gasteiger partial charge on any atom is 0.0904 e. The molecule has 0 spiro atoms. The highest BCUT2D eigenvalue weighted by molar-refractivity contribution is 5.52. The molecule has 0 fully saturated rings. The first-order valence-corrected chi connectivity index (χ1v) is 5.98. The summed E-state index contributed by atoms with van der Waals surface area (Å²) in [7, 11) is 0. The largest absolute Gasteiger partial charge is 0.326 e. The van der Waals surface area contributed by atoms with Gasteiger partial charge in [-0.05, 0) is 48.7 Å². The maximum atomic E-state index is 5.79. The zero-order valence-electron chi connectivity index (χ0n) is 10.7. The molecule has 3 nitrogen and oxygen atoms in total. The third-order valence-electron chi connectivity index (χ3n) is 3.08. The smallest absolute Gasteiger partial charge is 0.0904 e. The number of hydrogen-bond acceptors (Lipinski definition) is 3. The molecule has 0 heterocycles.